The molecular formula is C22H21NO7. The van der Waals surface area contributed by atoms with E-state index in [1.165, 1.54) is 19.1 Å². The molecule has 0 saturated heterocycles. The molecule has 0 bridgehead atoms. The fraction of sp³-hybridized carbons (Fsp3) is 0.227. The number of ketones is 1. The lowest BCUT2D eigenvalue weighted by Crippen LogP contribution is -2.39. The first-order valence-corrected chi connectivity index (χ1v) is 9.04. The first kappa shape index (κ1) is 21.1. The lowest BCUT2D eigenvalue weighted by atomic mass is 10.00. The standard InChI is InChI=1S/C22H21NO7/c1-27-15-10-8-14(9-11-15)20(24)16-6-4-5-7-18(16)23-13-30-12-17(21(25)28-2)19(23)22(26)29-3/h4-11H,12-13H2,1-3H3. The van der Waals surface area contributed by atoms with Crippen molar-refractivity contribution in [2.24, 2.45) is 0 Å². The average molecular weight is 411 g/mol. The molecule has 2 aromatic carbocycles. The van der Waals surface area contributed by atoms with Crippen LogP contribution in [0.1, 0.15) is 15.9 Å². The Morgan fingerprint density at radius 1 is 0.900 bits per heavy atom. The molecule has 156 valence electrons. The number of carbonyl (C=O) groups excluding carboxylic acids is 3. The fourth-order valence-corrected chi connectivity index (χ4v) is 3.13. The van der Waals surface area contributed by atoms with Crippen LogP contribution >= 0.6 is 0 Å². The monoisotopic (exact) mass is 411 g/mol. The summed E-state index contributed by atoms with van der Waals surface area (Å²) in [7, 11) is 3.97. The third kappa shape index (κ3) is 4.04. The van der Waals surface area contributed by atoms with E-state index >= 15 is 0 Å². The van der Waals surface area contributed by atoms with Crippen molar-refractivity contribution in [1.29, 1.82) is 0 Å². The highest BCUT2D eigenvalue weighted by Crippen LogP contribution is 2.31. The largest absolute Gasteiger partial charge is 0.497 e. The van der Waals surface area contributed by atoms with Crippen LogP contribution in [0.4, 0.5) is 5.69 Å². The molecule has 1 aliphatic rings. The van der Waals surface area contributed by atoms with Gasteiger partial charge in [-0.3, -0.25) is 4.79 Å². The van der Waals surface area contributed by atoms with Crippen molar-refractivity contribution in [1.82, 2.24) is 0 Å². The zero-order chi connectivity index (χ0) is 21.7. The van der Waals surface area contributed by atoms with Crippen LogP contribution < -0.4 is 9.64 Å². The molecule has 0 aliphatic carbocycles. The van der Waals surface area contributed by atoms with Crippen LogP contribution in [-0.2, 0) is 23.8 Å². The summed E-state index contributed by atoms with van der Waals surface area (Å²) in [6, 6.07) is 13.4. The zero-order valence-electron chi connectivity index (χ0n) is 16.8. The summed E-state index contributed by atoms with van der Waals surface area (Å²) in [5.74, 6) is -1.07. The van der Waals surface area contributed by atoms with E-state index in [1.54, 1.807) is 55.6 Å². The highest BCUT2D eigenvalue weighted by Gasteiger charge is 2.34. The van der Waals surface area contributed by atoms with E-state index in [4.69, 9.17) is 18.9 Å². The van der Waals surface area contributed by atoms with Crippen LogP contribution in [0.15, 0.2) is 59.8 Å². The van der Waals surface area contributed by atoms with Crippen molar-refractivity contribution in [2.75, 3.05) is 39.6 Å². The predicted molar refractivity (Wildman–Crippen MR) is 107 cm³/mol. The number of para-hydroxylation sites is 1. The maximum absolute atomic E-state index is 13.2. The molecule has 0 N–H and O–H groups in total. The third-order valence-corrected chi connectivity index (χ3v) is 4.62. The van der Waals surface area contributed by atoms with Gasteiger partial charge in [-0.05, 0) is 36.4 Å². The van der Waals surface area contributed by atoms with Crippen molar-refractivity contribution < 1.29 is 33.3 Å². The van der Waals surface area contributed by atoms with Gasteiger partial charge in [0.05, 0.1) is 39.2 Å². The predicted octanol–water partition coefficient (Wildman–Crippen LogP) is 2.32. The van der Waals surface area contributed by atoms with E-state index < -0.39 is 11.9 Å². The number of hydrogen-bond acceptors (Lipinski definition) is 8. The molecule has 0 fully saturated rings. The molecule has 2 aromatic rings. The summed E-state index contributed by atoms with van der Waals surface area (Å²) in [6.45, 7) is -0.153. The number of rotatable bonds is 6. The molecule has 0 amide bonds. The first-order valence-electron chi connectivity index (χ1n) is 9.04. The molecule has 1 aliphatic heterocycles. The van der Waals surface area contributed by atoms with Crippen molar-refractivity contribution in [3.8, 4) is 5.75 Å². The molecule has 0 spiro atoms. The molecule has 1 heterocycles. The normalized spacial score (nSPS) is 13.6. The Balaban J connectivity index is 2.10. The molecule has 8 nitrogen and oxygen atoms in total. The van der Waals surface area contributed by atoms with Gasteiger partial charge in [0.2, 0.25) is 0 Å². The Hall–Kier alpha value is -3.65. The van der Waals surface area contributed by atoms with E-state index in [0.717, 1.165) is 0 Å². The Bertz CT molecular complexity index is 995. The minimum Gasteiger partial charge on any atom is -0.497 e. The Morgan fingerprint density at radius 2 is 1.57 bits per heavy atom. The van der Waals surface area contributed by atoms with Gasteiger partial charge in [-0.15, -0.1) is 0 Å². The number of nitrogens with zero attached hydrogens (tertiary/aromatic N) is 1. The van der Waals surface area contributed by atoms with E-state index in [-0.39, 0.29) is 30.4 Å². The summed E-state index contributed by atoms with van der Waals surface area (Å²) in [6.07, 6.45) is 0. The Morgan fingerprint density at radius 3 is 2.20 bits per heavy atom. The number of hydrogen-bond donors (Lipinski definition) is 0. The number of ether oxygens (including phenoxy) is 4. The molecule has 0 aromatic heterocycles. The van der Waals surface area contributed by atoms with Gasteiger partial charge in [0, 0.05) is 11.1 Å². The van der Waals surface area contributed by atoms with Crippen LogP contribution in [-0.4, -0.2) is 52.4 Å². The van der Waals surface area contributed by atoms with E-state index in [0.29, 0.717) is 22.6 Å². The van der Waals surface area contributed by atoms with Crippen LogP contribution in [0, 0.1) is 0 Å². The molecule has 0 unspecified atom stereocenters. The SMILES string of the molecule is COC(=O)C1=C(C(=O)OC)N(c2ccccc2C(=O)c2ccc(OC)cc2)COC1. The highest BCUT2D eigenvalue weighted by molar-refractivity contribution is 6.13. The summed E-state index contributed by atoms with van der Waals surface area (Å²) >= 11 is 0. The lowest BCUT2D eigenvalue weighted by Gasteiger charge is -2.32. The summed E-state index contributed by atoms with van der Waals surface area (Å²) in [4.78, 5) is 39.4. The fourth-order valence-electron chi connectivity index (χ4n) is 3.13. The molecular weight excluding hydrogens is 390 g/mol. The van der Waals surface area contributed by atoms with Gasteiger partial charge in [0.15, 0.2) is 5.78 Å². The van der Waals surface area contributed by atoms with E-state index in [9.17, 15) is 14.4 Å². The molecule has 30 heavy (non-hydrogen) atoms. The molecule has 8 heteroatoms. The number of anilines is 1. The van der Waals surface area contributed by atoms with E-state index in [2.05, 4.69) is 0 Å². The second-order valence-corrected chi connectivity index (χ2v) is 6.29. The van der Waals surface area contributed by atoms with Crippen molar-refractivity contribution in [3.63, 3.8) is 0 Å². The Labute approximate surface area is 173 Å². The molecule has 0 atom stereocenters. The van der Waals surface area contributed by atoms with Crippen LogP contribution in [0.2, 0.25) is 0 Å². The van der Waals surface area contributed by atoms with Gasteiger partial charge in [-0.25, -0.2) is 9.59 Å². The smallest absolute Gasteiger partial charge is 0.355 e. The van der Waals surface area contributed by atoms with Gasteiger partial charge >= 0.3 is 11.9 Å². The third-order valence-electron chi connectivity index (χ3n) is 4.62. The molecule has 0 radical (unpaired) electrons. The van der Waals surface area contributed by atoms with Gasteiger partial charge in [0.1, 0.15) is 18.2 Å². The number of benzene rings is 2. The van der Waals surface area contributed by atoms with Gasteiger partial charge in [-0.1, -0.05) is 12.1 Å². The maximum Gasteiger partial charge on any atom is 0.355 e. The molecule has 0 saturated carbocycles. The van der Waals surface area contributed by atoms with Crippen molar-refractivity contribution in [2.45, 2.75) is 0 Å². The number of methoxy groups -OCH3 is 3. The van der Waals surface area contributed by atoms with Crippen LogP contribution in [0.5, 0.6) is 5.75 Å². The van der Waals surface area contributed by atoms with Gasteiger partial charge in [0.25, 0.3) is 0 Å². The minimum absolute atomic E-state index is 0.0160. The highest BCUT2D eigenvalue weighted by atomic mass is 16.5. The average Bonchev–Trinajstić information content (AvgIpc) is 2.82. The van der Waals surface area contributed by atoms with Crippen LogP contribution in [0.25, 0.3) is 0 Å². The second kappa shape index (κ2) is 9.23. The van der Waals surface area contributed by atoms with Gasteiger partial charge < -0.3 is 23.8 Å². The second-order valence-electron chi connectivity index (χ2n) is 6.29. The summed E-state index contributed by atoms with van der Waals surface area (Å²) < 4.78 is 20.3. The van der Waals surface area contributed by atoms with Crippen LogP contribution in [0.3, 0.4) is 0 Å². The molecule has 3 rings (SSSR count). The number of esters is 2. The quantitative estimate of drug-likeness (QED) is 0.528. The van der Waals surface area contributed by atoms with Crippen molar-refractivity contribution >= 4 is 23.4 Å². The first-order chi connectivity index (χ1) is 14.5. The summed E-state index contributed by atoms with van der Waals surface area (Å²) in [5.41, 5.74) is 1.17. The number of carbonyl (C=O) groups is 3. The lowest BCUT2D eigenvalue weighted by molar-refractivity contribution is -0.140. The summed E-state index contributed by atoms with van der Waals surface area (Å²) in [5, 5.41) is 0. The van der Waals surface area contributed by atoms with Crippen molar-refractivity contribution in [3.05, 3.63) is 70.9 Å². The Kier molecular flexibility index (Phi) is 6.48. The maximum atomic E-state index is 13.2. The minimum atomic E-state index is -0.731. The van der Waals surface area contributed by atoms with Gasteiger partial charge in [-0.2, -0.15) is 0 Å². The zero-order valence-corrected chi connectivity index (χ0v) is 16.8. The topological polar surface area (TPSA) is 91.4 Å². The van der Waals surface area contributed by atoms with E-state index in [1.807, 2.05) is 0 Å².